The lowest BCUT2D eigenvalue weighted by Gasteiger charge is -2.04. The maximum absolute atomic E-state index is 11.7. The molecule has 0 aliphatic carbocycles. The molecule has 1 aromatic heterocycles. The fourth-order valence-corrected chi connectivity index (χ4v) is 2.00. The lowest BCUT2D eigenvalue weighted by molar-refractivity contribution is 0.0696. The average Bonchev–Trinajstić information content (AvgIpc) is 2.27. The molecule has 18 heavy (non-hydrogen) atoms. The lowest BCUT2D eigenvalue weighted by Crippen LogP contribution is -2.11. The highest BCUT2D eigenvalue weighted by atomic mass is 35.5. The van der Waals surface area contributed by atoms with E-state index >= 15 is 0 Å². The number of hydrogen-bond acceptors (Lipinski definition) is 2. The Labute approximate surface area is 108 Å². The number of rotatable bonds is 2. The fraction of sp³-hybridized carbons (Fsp3) is 0.0769. The van der Waals surface area contributed by atoms with Crippen LogP contribution in [0.1, 0.15) is 15.9 Å². The molecule has 0 radical (unpaired) electrons. The molecule has 0 unspecified atom stereocenters. The number of carbonyl (C=O) groups is 1. The number of halogens is 1. The van der Waals surface area contributed by atoms with Gasteiger partial charge in [0.05, 0.1) is 5.56 Å². The topological polar surface area (TPSA) is 70.2 Å². The first-order valence-corrected chi connectivity index (χ1v) is 5.59. The van der Waals surface area contributed by atoms with Crippen LogP contribution < -0.4 is 5.56 Å². The van der Waals surface area contributed by atoms with Crippen molar-refractivity contribution in [3.63, 3.8) is 0 Å². The van der Waals surface area contributed by atoms with Gasteiger partial charge in [-0.1, -0.05) is 17.7 Å². The van der Waals surface area contributed by atoms with Gasteiger partial charge in [-0.25, -0.2) is 4.79 Å². The molecule has 2 N–H and O–H groups in total. The van der Waals surface area contributed by atoms with E-state index in [1.807, 2.05) is 6.92 Å². The molecule has 0 atom stereocenters. The number of benzene rings is 1. The van der Waals surface area contributed by atoms with E-state index in [2.05, 4.69) is 4.98 Å². The lowest BCUT2D eigenvalue weighted by atomic mass is 10.0. The Balaban J connectivity index is 2.66. The second-order valence-electron chi connectivity index (χ2n) is 3.95. The Bertz CT molecular complexity index is 656. The van der Waals surface area contributed by atoms with Gasteiger partial charge in [-0.3, -0.25) is 4.79 Å². The van der Waals surface area contributed by atoms with Crippen LogP contribution in [0.4, 0.5) is 0 Å². The summed E-state index contributed by atoms with van der Waals surface area (Å²) in [6, 6.07) is 6.51. The van der Waals surface area contributed by atoms with Gasteiger partial charge in [-0.2, -0.15) is 0 Å². The number of aromatic carboxylic acids is 1. The van der Waals surface area contributed by atoms with Crippen LogP contribution in [0.2, 0.25) is 5.02 Å². The second-order valence-corrected chi connectivity index (χ2v) is 4.39. The molecule has 0 saturated carbocycles. The van der Waals surface area contributed by atoms with E-state index in [4.69, 9.17) is 16.7 Å². The number of carboxylic acid groups (broad SMARTS) is 1. The van der Waals surface area contributed by atoms with E-state index in [1.165, 1.54) is 12.3 Å². The zero-order chi connectivity index (χ0) is 13.3. The number of nitrogens with one attached hydrogen (secondary N) is 1. The number of aromatic nitrogens is 1. The molecule has 0 saturated heterocycles. The monoisotopic (exact) mass is 263 g/mol. The molecule has 0 aliphatic heterocycles. The first-order valence-electron chi connectivity index (χ1n) is 5.21. The third-order valence-corrected chi connectivity index (χ3v) is 2.72. The van der Waals surface area contributed by atoms with Crippen molar-refractivity contribution in [1.82, 2.24) is 4.98 Å². The molecule has 0 bridgehead atoms. The molecule has 1 heterocycles. The van der Waals surface area contributed by atoms with Crippen LogP contribution in [0.3, 0.4) is 0 Å². The molecule has 2 rings (SSSR count). The summed E-state index contributed by atoms with van der Waals surface area (Å²) in [5.41, 5.74) is 1.48. The average molecular weight is 264 g/mol. The second kappa shape index (κ2) is 4.66. The van der Waals surface area contributed by atoms with Gasteiger partial charge in [0, 0.05) is 16.8 Å². The quantitative estimate of drug-likeness (QED) is 0.875. The predicted molar refractivity (Wildman–Crippen MR) is 69.2 cm³/mol. The molecule has 92 valence electrons. The van der Waals surface area contributed by atoms with Gasteiger partial charge in [0.2, 0.25) is 0 Å². The van der Waals surface area contributed by atoms with Gasteiger partial charge in [-0.15, -0.1) is 0 Å². The highest BCUT2D eigenvalue weighted by Crippen LogP contribution is 2.22. The third-order valence-electron chi connectivity index (χ3n) is 2.50. The van der Waals surface area contributed by atoms with E-state index in [9.17, 15) is 9.59 Å². The molecule has 5 heteroatoms. The van der Waals surface area contributed by atoms with Gasteiger partial charge in [0.1, 0.15) is 0 Å². The number of carboxylic acids is 1. The van der Waals surface area contributed by atoms with Crippen molar-refractivity contribution in [3.05, 3.63) is 57.0 Å². The van der Waals surface area contributed by atoms with Gasteiger partial charge in [0.25, 0.3) is 5.56 Å². The van der Waals surface area contributed by atoms with E-state index < -0.39 is 5.97 Å². The van der Waals surface area contributed by atoms with Crippen LogP contribution in [0.5, 0.6) is 0 Å². The molecule has 0 fully saturated rings. The molecule has 4 nitrogen and oxygen atoms in total. The van der Waals surface area contributed by atoms with Crippen molar-refractivity contribution in [2.45, 2.75) is 6.92 Å². The SMILES string of the molecule is Cc1cc(Cl)cc(-c2cc(C(=O)O)c[nH]c2=O)c1. The molecular formula is C13H10ClNO3. The van der Waals surface area contributed by atoms with Crippen molar-refractivity contribution < 1.29 is 9.90 Å². The zero-order valence-electron chi connectivity index (χ0n) is 9.53. The normalized spacial score (nSPS) is 10.3. The standard InChI is InChI=1S/C13H10ClNO3/c1-7-2-8(4-10(14)3-7)11-5-9(13(17)18)6-15-12(11)16/h2-6H,1H3,(H,15,16)(H,17,18). The van der Waals surface area contributed by atoms with Crippen molar-refractivity contribution in [2.24, 2.45) is 0 Å². The van der Waals surface area contributed by atoms with Crippen LogP contribution in [-0.4, -0.2) is 16.1 Å². The van der Waals surface area contributed by atoms with Gasteiger partial charge in [-0.05, 0) is 36.2 Å². The highest BCUT2D eigenvalue weighted by molar-refractivity contribution is 6.31. The summed E-state index contributed by atoms with van der Waals surface area (Å²) >= 11 is 5.93. The van der Waals surface area contributed by atoms with Crippen LogP contribution >= 0.6 is 11.6 Å². The number of pyridine rings is 1. The Hall–Kier alpha value is -2.07. The summed E-state index contributed by atoms with van der Waals surface area (Å²) < 4.78 is 0. The van der Waals surface area contributed by atoms with E-state index in [1.54, 1.807) is 18.2 Å². The Kier molecular flexibility index (Phi) is 3.21. The Morgan fingerprint density at radius 2 is 2.00 bits per heavy atom. The summed E-state index contributed by atoms with van der Waals surface area (Å²) in [7, 11) is 0. The minimum atomic E-state index is -1.09. The molecule has 1 aromatic carbocycles. The maximum atomic E-state index is 11.7. The van der Waals surface area contributed by atoms with Crippen molar-refractivity contribution in [1.29, 1.82) is 0 Å². The number of hydrogen-bond donors (Lipinski definition) is 2. The summed E-state index contributed by atoms with van der Waals surface area (Å²) in [5.74, 6) is -1.09. The zero-order valence-corrected chi connectivity index (χ0v) is 10.3. The van der Waals surface area contributed by atoms with E-state index in [0.29, 0.717) is 16.1 Å². The molecule has 2 aromatic rings. The van der Waals surface area contributed by atoms with E-state index in [0.717, 1.165) is 5.56 Å². The van der Waals surface area contributed by atoms with Crippen molar-refractivity contribution in [3.8, 4) is 11.1 Å². The van der Waals surface area contributed by atoms with Gasteiger partial charge < -0.3 is 10.1 Å². The Morgan fingerprint density at radius 3 is 2.61 bits per heavy atom. The Morgan fingerprint density at radius 1 is 1.28 bits per heavy atom. The summed E-state index contributed by atoms with van der Waals surface area (Å²) in [5, 5.41) is 9.41. The fourth-order valence-electron chi connectivity index (χ4n) is 1.71. The van der Waals surface area contributed by atoms with Crippen LogP contribution in [-0.2, 0) is 0 Å². The van der Waals surface area contributed by atoms with E-state index in [-0.39, 0.29) is 11.1 Å². The molecular weight excluding hydrogens is 254 g/mol. The summed E-state index contributed by atoms with van der Waals surface area (Å²) in [6.07, 6.45) is 1.17. The van der Waals surface area contributed by atoms with Crippen molar-refractivity contribution in [2.75, 3.05) is 0 Å². The smallest absolute Gasteiger partial charge is 0.337 e. The molecule has 0 aliphatic rings. The molecule has 0 amide bonds. The first kappa shape index (κ1) is 12.4. The largest absolute Gasteiger partial charge is 0.478 e. The molecule has 0 spiro atoms. The summed E-state index contributed by atoms with van der Waals surface area (Å²) in [6.45, 7) is 1.85. The third kappa shape index (κ3) is 2.43. The predicted octanol–water partition coefficient (Wildman–Crippen LogP) is 2.70. The number of aromatic amines is 1. The van der Waals surface area contributed by atoms with Crippen LogP contribution in [0.15, 0.2) is 35.3 Å². The van der Waals surface area contributed by atoms with Crippen LogP contribution in [0.25, 0.3) is 11.1 Å². The van der Waals surface area contributed by atoms with Crippen LogP contribution in [0, 0.1) is 6.92 Å². The van der Waals surface area contributed by atoms with Gasteiger partial charge in [0.15, 0.2) is 0 Å². The minimum Gasteiger partial charge on any atom is -0.478 e. The number of aryl methyl sites for hydroxylation is 1. The highest BCUT2D eigenvalue weighted by Gasteiger charge is 2.10. The number of H-pyrrole nitrogens is 1. The van der Waals surface area contributed by atoms with Crippen molar-refractivity contribution >= 4 is 17.6 Å². The summed E-state index contributed by atoms with van der Waals surface area (Å²) in [4.78, 5) is 25.0. The maximum Gasteiger partial charge on any atom is 0.337 e. The minimum absolute atomic E-state index is 0.0298. The van der Waals surface area contributed by atoms with Gasteiger partial charge >= 0.3 is 5.97 Å². The first-order chi connectivity index (χ1) is 8.47.